The van der Waals surface area contributed by atoms with Gasteiger partial charge in [-0.3, -0.25) is 14.5 Å². The summed E-state index contributed by atoms with van der Waals surface area (Å²) in [4.78, 5) is 16.3. The first-order valence-corrected chi connectivity index (χ1v) is 9.34. The van der Waals surface area contributed by atoms with Crippen LogP contribution in [0.5, 0.6) is 0 Å². The highest BCUT2D eigenvalue weighted by Gasteiger charge is 2.23. The minimum absolute atomic E-state index is 0.0775. The number of pyridine rings is 1. The Morgan fingerprint density at radius 3 is 2.82 bits per heavy atom. The van der Waals surface area contributed by atoms with E-state index in [9.17, 15) is 9.18 Å². The summed E-state index contributed by atoms with van der Waals surface area (Å²) < 4.78 is 20.5. The number of carbonyl (C=O) groups excluding carboxylic acids is 1. The van der Waals surface area contributed by atoms with Crippen LogP contribution in [-0.2, 0) is 16.1 Å². The summed E-state index contributed by atoms with van der Waals surface area (Å²) in [5, 5.41) is 7.58. The number of amides is 1. The van der Waals surface area contributed by atoms with Crippen LogP contribution < -0.4 is 5.32 Å². The molecule has 1 aromatic carbocycles. The molecule has 1 aliphatic rings. The minimum Gasteiger partial charge on any atom is -0.368 e. The summed E-state index contributed by atoms with van der Waals surface area (Å²) in [5.41, 5.74) is 3.38. The molecule has 144 valence electrons. The molecule has 4 rings (SSSR count). The molecule has 1 amide bonds. The Hall–Kier alpha value is -3.06. The van der Waals surface area contributed by atoms with Crippen LogP contribution in [0.4, 0.5) is 4.39 Å². The highest BCUT2D eigenvalue weighted by Crippen LogP contribution is 2.26. The Kier molecular flexibility index (Phi) is 5.43. The molecular formula is C21H21FN4O2. The number of benzene rings is 1. The van der Waals surface area contributed by atoms with E-state index in [-0.39, 0.29) is 17.8 Å². The van der Waals surface area contributed by atoms with Crippen molar-refractivity contribution in [3.63, 3.8) is 0 Å². The molecule has 0 aliphatic carbocycles. The van der Waals surface area contributed by atoms with Crippen molar-refractivity contribution in [2.75, 3.05) is 13.2 Å². The van der Waals surface area contributed by atoms with E-state index in [2.05, 4.69) is 15.4 Å². The van der Waals surface area contributed by atoms with E-state index in [0.717, 1.165) is 35.4 Å². The number of carbonyl (C=O) groups is 1. The van der Waals surface area contributed by atoms with E-state index < -0.39 is 0 Å². The standard InChI is InChI=1S/C21H21FN4O2/c22-17-7-5-15(6-8-17)18-13-19(16-3-1-9-23-14-16)26(25-18)11-10-24-21(27)20-4-2-12-28-20/h1,3,5-9,13-14,20H,2,4,10-12H2,(H,24,27). The zero-order valence-corrected chi connectivity index (χ0v) is 15.3. The third-order valence-corrected chi connectivity index (χ3v) is 4.72. The van der Waals surface area contributed by atoms with Crippen LogP contribution in [0.1, 0.15) is 12.8 Å². The molecule has 28 heavy (non-hydrogen) atoms. The summed E-state index contributed by atoms with van der Waals surface area (Å²) in [6, 6.07) is 12.0. The molecule has 1 saturated heterocycles. The number of nitrogens with zero attached hydrogens (tertiary/aromatic N) is 3. The molecule has 3 heterocycles. The Morgan fingerprint density at radius 1 is 1.25 bits per heavy atom. The topological polar surface area (TPSA) is 69.0 Å². The maximum atomic E-state index is 13.2. The number of aromatic nitrogens is 3. The van der Waals surface area contributed by atoms with Crippen molar-refractivity contribution >= 4 is 5.91 Å². The van der Waals surface area contributed by atoms with Crippen molar-refractivity contribution in [3.05, 3.63) is 60.7 Å². The molecule has 0 radical (unpaired) electrons. The van der Waals surface area contributed by atoms with E-state index in [1.807, 2.05) is 22.9 Å². The van der Waals surface area contributed by atoms with Gasteiger partial charge in [0.15, 0.2) is 0 Å². The van der Waals surface area contributed by atoms with Crippen LogP contribution in [0.15, 0.2) is 54.9 Å². The van der Waals surface area contributed by atoms with Gasteiger partial charge in [-0.15, -0.1) is 0 Å². The first kappa shape index (κ1) is 18.3. The van der Waals surface area contributed by atoms with Gasteiger partial charge in [0.05, 0.1) is 17.9 Å². The van der Waals surface area contributed by atoms with Gasteiger partial charge in [-0.2, -0.15) is 5.10 Å². The molecule has 1 unspecified atom stereocenters. The molecule has 1 aliphatic heterocycles. The Morgan fingerprint density at radius 2 is 2.11 bits per heavy atom. The SMILES string of the molecule is O=C(NCCn1nc(-c2ccc(F)cc2)cc1-c1cccnc1)C1CCCO1. The number of rotatable bonds is 6. The molecule has 7 heteroatoms. The lowest BCUT2D eigenvalue weighted by atomic mass is 10.1. The molecular weight excluding hydrogens is 359 g/mol. The normalized spacial score (nSPS) is 16.2. The molecule has 1 fully saturated rings. The van der Waals surface area contributed by atoms with Gasteiger partial charge in [0, 0.05) is 36.7 Å². The second-order valence-electron chi connectivity index (χ2n) is 6.68. The van der Waals surface area contributed by atoms with Gasteiger partial charge in [-0.05, 0) is 55.3 Å². The van der Waals surface area contributed by atoms with Gasteiger partial charge in [0.25, 0.3) is 0 Å². The summed E-state index contributed by atoms with van der Waals surface area (Å²) in [6.07, 6.45) is 4.83. The van der Waals surface area contributed by atoms with Gasteiger partial charge in [-0.25, -0.2) is 4.39 Å². The van der Waals surface area contributed by atoms with E-state index in [4.69, 9.17) is 4.74 Å². The Balaban J connectivity index is 1.54. The first-order chi connectivity index (χ1) is 13.7. The van der Waals surface area contributed by atoms with Gasteiger partial charge >= 0.3 is 0 Å². The van der Waals surface area contributed by atoms with Crippen molar-refractivity contribution in [1.82, 2.24) is 20.1 Å². The van der Waals surface area contributed by atoms with Crippen molar-refractivity contribution in [2.24, 2.45) is 0 Å². The molecule has 2 aromatic heterocycles. The second kappa shape index (κ2) is 8.31. The lowest BCUT2D eigenvalue weighted by molar-refractivity contribution is -0.130. The number of hydrogen-bond donors (Lipinski definition) is 1. The number of nitrogens with one attached hydrogen (secondary N) is 1. The molecule has 3 aromatic rings. The number of halogens is 1. The maximum Gasteiger partial charge on any atom is 0.249 e. The summed E-state index contributed by atoms with van der Waals surface area (Å²) in [6.45, 7) is 1.59. The van der Waals surface area contributed by atoms with Crippen LogP contribution in [0, 0.1) is 5.82 Å². The first-order valence-electron chi connectivity index (χ1n) is 9.34. The largest absolute Gasteiger partial charge is 0.368 e. The lowest BCUT2D eigenvalue weighted by Gasteiger charge is -2.11. The highest BCUT2D eigenvalue weighted by atomic mass is 19.1. The fourth-order valence-corrected chi connectivity index (χ4v) is 3.28. The van der Waals surface area contributed by atoms with Crippen molar-refractivity contribution in [3.8, 4) is 22.5 Å². The maximum absolute atomic E-state index is 13.2. The fourth-order valence-electron chi connectivity index (χ4n) is 3.28. The number of hydrogen-bond acceptors (Lipinski definition) is 4. The quantitative estimate of drug-likeness (QED) is 0.714. The lowest BCUT2D eigenvalue weighted by Crippen LogP contribution is -2.36. The van der Waals surface area contributed by atoms with Crippen molar-refractivity contribution < 1.29 is 13.9 Å². The summed E-state index contributed by atoms with van der Waals surface area (Å²) in [5.74, 6) is -0.362. The van der Waals surface area contributed by atoms with Gasteiger partial charge in [0.1, 0.15) is 11.9 Å². The summed E-state index contributed by atoms with van der Waals surface area (Å²) in [7, 11) is 0. The Bertz CT molecular complexity index is 935. The van der Waals surface area contributed by atoms with Crippen LogP contribution in [0.2, 0.25) is 0 Å². The summed E-state index contributed by atoms with van der Waals surface area (Å²) >= 11 is 0. The zero-order valence-electron chi connectivity index (χ0n) is 15.3. The smallest absolute Gasteiger partial charge is 0.249 e. The molecule has 0 spiro atoms. The van der Waals surface area contributed by atoms with Crippen LogP contribution in [0.25, 0.3) is 22.5 Å². The molecule has 0 bridgehead atoms. The second-order valence-corrected chi connectivity index (χ2v) is 6.68. The van der Waals surface area contributed by atoms with Crippen LogP contribution in [-0.4, -0.2) is 39.9 Å². The highest BCUT2D eigenvalue weighted by molar-refractivity contribution is 5.80. The van der Waals surface area contributed by atoms with E-state index in [1.165, 1.54) is 12.1 Å². The van der Waals surface area contributed by atoms with Gasteiger partial charge in [0.2, 0.25) is 5.91 Å². The van der Waals surface area contributed by atoms with Crippen LogP contribution in [0.3, 0.4) is 0 Å². The molecule has 1 N–H and O–H groups in total. The Labute approximate surface area is 162 Å². The monoisotopic (exact) mass is 380 g/mol. The van der Waals surface area contributed by atoms with Gasteiger partial charge < -0.3 is 10.1 Å². The molecule has 0 saturated carbocycles. The van der Waals surface area contributed by atoms with Crippen molar-refractivity contribution in [1.29, 1.82) is 0 Å². The van der Waals surface area contributed by atoms with E-state index in [1.54, 1.807) is 24.5 Å². The average Bonchev–Trinajstić information content (AvgIpc) is 3.40. The predicted molar refractivity (Wildman–Crippen MR) is 103 cm³/mol. The van der Waals surface area contributed by atoms with E-state index in [0.29, 0.717) is 19.7 Å². The van der Waals surface area contributed by atoms with Gasteiger partial charge in [-0.1, -0.05) is 0 Å². The van der Waals surface area contributed by atoms with Crippen LogP contribution >= 0.6 is 0 Å². The number of ether oxygens (including phenoxy) is 1. The minimum atomic E-state index is -0.342. The van der Waals surface area contributed by atoms with E-state index >= 15 is 0 Å². The third kappa shape index (κ3) is 4.09. The predicted octanol–water partition coefficient (Wildman–Crippen LogP) is 3.05. The molecule has 6 nitrogen and oxygen atoms in total. The average molecular weight is 380 g/mol. The van der Waals surface area contributed by atoms with Crippen molar-refractivity contribution in [2.45, 2.75) is 25.5 Å². The zero-order chi connectivity index (χ0) is 19.3. The fraction of sp³-hybridized carbons (Fsp3) is 0.286. The molecule has 1 atom stereocenters. The third-order valence-electron chi connectivity index (χ3n) is 4.72.